The Morgan fingerprint density at radius 2 is 1.75 bits per heavy atom. The molecule has 0 bridgehead atoms. The van der Waals surface area contributed by atoms with Crippen molar-refractivity contribution >= 4 is 27.5 Å². The van der Waals surface area contributed by atoms with Crippen LogP contribution in [0.5, 0.6) is 5.75 Å². The SMILES string of the molecule is CC[C@H](C(=O)NC1CCCCC1)N(Cc1cccc(OC)c1)C(=O)CN(c1ccccc1)S(C)(=O)=O. The monoisotopic (exact) mass is 515 g/mol. The normalized spacial score (nSPS) is 15.1. The van der Waals surface area contributed by atoms with E-state index in [0.29, 0.717) is 17.9 Å². The number of hydrogen-bond donors (Lipinski definition) is 1. The van der Waals surface area contributed by atoms with Crippen molar-refractivity contribution in [1.82, 2.24) is 10.2 Å². The van der Waals surface area contributed by atoms with Crippen LogP contribution in [0.3, 0.4) is 0 Å². The van der Waals surface area contributed by atoms with E-state index < -0.39 is 28.5 Å². The molecule has 2 amide bonds. The molecule has 0 saturated heterocycles. The Balaban J connectivity index is 1.90. The zero-order valence-corrected chi connectivity index (χ0v) is 22.2. The van der Waals surface area contributed by atoms with Gasteiger partial charge in [-0.05, 0) is 49.1 Å². The fourth-order valence-electron chi connectivity index (χ4n) is 4.64. The second-order valence-corrected chi connectivity index (χ2v) is 11.2. The van der Waals surface area contributed by atoms with Crippen LogP contribution in [0, 0.1) is 0 Å². The molecule has 8 nitrogen and oxygen atoms in total. The number of rotatable bonds is 11. The van der Waals surface area contributed by atoms with Crippen molar-refractivity contribution in [2.75, 3.05) is 24.2 Å². The molecule has 2 aromatic rings. The Morgan fingerprint density at radius 1 is 1.06 bits per heavy atom. The van der Waals surface area contributed by atoms with E-state index in [1.165, 1.54) is 11.3 Å². The van der Waals surface area contributed by atoms with Gasteiger partial charge in [0.05, 0.1) is 19.1 Å². The van der Waals surface area contributed by atoms with Crippen LogP contribution < -0.4 is 14.4 Å². The second-order valence-electron chi connectivity index (χ2n) is 9.25. The van der Waals surface area contributed by atoms with Gasteiger partial charge in [0.1, 0.15) is 18.3 Å². The summed E-state index contributed by atoms with van der Waals surface area (Å²) in [5.74, 6) is -0.00865. The van der Waals surface area contributed by atoms with E-state index >= 15 is 0 Å². The van der Waals surface area contributed by atoms with Gasteiger partial charge in [0.25, 0.3) is 0 Å². The first-order valence-electron chi connectivity index (χ1n) is 12.5. The van der Waals surface area contributed by atoms with Crippen LogP contribution in [0.25, 0.3) is 0 Å². The maximum absolute atomic E-state index is 13.7. The van der Waals surface area contributed by atoms with Gasteiger partial charge in [0, 0.05) is 12.6 Å². The quantitative estimate of drug-likeness (QED) is 0.492. The third-order valence-corrected chi connectivity index (χ3v) is 7.69. The fourth-order valence-corrected chi connectivity index (χ4v) is 5.49. The van der Waals surface area contributed by atoms with Gasteiger partial charge in [-0.2, -0.15) is 0 Å². The van der Waals surface area contributed by atoms with Gasteiger partial charge >= 0.3 is 0 Å². The van der Waals surface area contributed by atoms with Gasteiger partial charge in [-0.1, -0.05) is 56.5 Å². The molecule has 2 aromatic carbocycles. The highest BCUT2D eigenvalue weighted by molar-refractivity contribution is 7.92. The van der Waals surface area contributed by atoms with Gasteiger partial charge in [-0.25, -0.2) is 8.42 Å². The van der Waals surface area contributed by atoms with Crippen molar-refractivity contribution < 1.29 is 22.7 Å². The smallest absolute Gasteiger partial charge is 0.244 e. The number of methoxy groups -OCH3 is 1. The lowest BCUT2D eigenvalue weighted by atomic mass is 9.95. The minimum absolute atomic E-state index is 0.103. The van der Waals surface area contributed by atoms with E-state index in [9.17, 15) is 18.0 Å². The zero-order valence-electron chi connectivity index (χ0n) is 21.4. The average molecular weight is 516 g/mol. The number of nitrogens with one attached hydrogen (secondary N) is 1. The molecule has 1 N–H and O–H groups in total. The number of para-hydroxylation sites is 1. The summed E-state index contributed by atoms with van der Waals surface area (Å²) < 4.78 is 31.7. The molecule has 1 aliphatic rings. The van der Waals surface area contributed by atoms with E-state index in [4.69, 9.17) is 4.74 Å². The molecular weight excluding hydrogens is 478 g/mol. The van der Waals surface area contributed by atoms with Crippen LogP contribution in [0.4, 0.5) is 5.69 Å². The lowest BCUT2D eigenvalue weighted by molar-refractivity contribution is -0.140. The number of carbonyl (C=O) groups excluding carboxylic acids is 2. The topological polar surface area (TPSA) is 96.0 Å². The summed E-state index contributed by atoms with van der Waals surface area (Å²) in [6.45, 7) is 1.61. The minimum atomic E-state index is -3.74. The van der Waals surface area contributed by atoms with Crippen molar-refractivity contribution in [2.45, 2.75) is 64.1 Å². The molecule has 1 atom stereocenters. The number of amides is 2. The lowest BCUT2D eigenvalue weighted by Crippen LogP contribution is -2.53. The molecule has 0 spiro atoms. The average Bonchev–Trinajstić information content (AvgIpc) is 2.87. The van der Waals surface area contributed by atoms with Crippen molar-refractivity contribution in [3.63, 3.8) is 0 Å². The highest BCUT2D eigenvalue weighted by atomic mass is 32.2. The summed E-state index contributed by atoms with van der Waals surface area (Å²) in [6.07, 6.45) is 6.67. The van der Waals surface area contributed by atoms with Crippen LogP contribution in [0.1, 0.15) is 51.0 Å². The molecule has 0 aliphatic heterocycles. The van der Waals surface area contributed by atoms with Gasteiger partial charge in [0.15, 0.2) is 0 Å². The Labute approximate surface area is 214 Å². The summed E-state index contributed by atoms with van der Waals surface area (Å²) in [7, 11) is -2.17. The van der Waals surface area contributed by atoms with E-state index in [1.807, 2.05) is 31.2 Å². The maximum atomic E-state index is 13.7. The molecule has 36 heavy (non-hydrogen) atoms. The largest absolute Gasteiger partial charge is 0.497 e. The number of hydrogen-bond acceptors (Lipinski definition) is 5. The molecule has 1 aliphatic carbocycles. The standard InChI is InChI=1S/C27H37N3O5S/c1-4-25(27(32)28-22-13-7-5-8-14-22)29(19-21-12-11-17-24(18-21)35-2)26(31)20-30(36(3,33)34)23-15-9-6-10-16-23/h6,9-12,15-18,22,25H,4-5,7-8,13-14,19-20H2,1-3H3,(H,28,32)/t25-/m1/s1. The van der Waals surface area contributed by atoms with Crippen molar-refractivity contribution in [3.05, 3.63) is 60.2 Å². The number of carbonyl (C=O) groups is 2. The predicted molar refractivity (Wildman–Crippen MR) is 141 cm³/mol. The molecule has 1 saturated carbocycles. The molecule has 0 radical (unpaired) electrons. The molecule has 3 rings (SSSR count). The zero-order chi connectivity index (χ0) is 26.1. The third-order valence-electron chi connectivity index (χ3n) is 6.55. The van der Waals surface area contributed by atoms with Crippen LogP contribution in [0.15, 0.2) is 54.6 Å². The van der Waals surface area contributed by atoms with Crippen LogP contribution in [-0.2, 0) is 26.2 Å². The highest BCUT2D eigenvalue weighted by Crippen LogP contribution is 2.22. The fraction of sp³-hybridized carbons (Fsp3) is 0.481. The Kier molecular flexibility index (Phi) is 9.75. The van der Waals surface area contributed by atoms with E-state index in [0.717, 1.165) is 41.8 Å². The second kappa shape index (κ2) is 12.8. The first-order valence-corrected chi connectivity index (χ1v) is 14.3. The number of sulfonamides is 1. The number of ether oxygens (including phenoxy) is 1. The van der Waals surface area contributed by atoms with E-state index in [2.05, 4.69) is 5.32 Å². The van der Waals surface area contributed by atoms with E-state index in [1.54, 1.807) is 37.4 Å². The summed E-state index contributed by atoms with van der Waals surface area (Å²) in [5, 5.41) is 3.14. The molecule has 1 fully saturated rings. The summed E-state index contributed by atoms with van der Waals surface area (Å²) in [4.78, 5) is 28.6. The van der Waals surface area contributed by atoms with E-state index in [-0.39, 0.29) is 18.5 Å². The Hall–Kier alpha value is -3.07. The van der Waals surface area contributed by atoms with Gasteiger partial charge < -0.3 is 15.0 Å². The molecule has 0 aromatic heterocycles. The third kappa shape index (κ3) is 7.46. The van der Waals surface area contributed by atoms with Crippen molar-refractivity contribution in [2.24, 2.45) is 0 Å². The molecule has 0 unspecified atom stereocenters. The minimum Gasteiger partial charge on any atom is -0.497 e. The first kappa shape index (κ1) is 27.5. The first-order chi connectivity index (χ1) is 17.2. The number of anilines is 1. The maximum Gasteiger partial charge on any atom is 0.244 e. The van der Waals surface area contributed by atoms with Gasteiger partial charge in [-0.3, -0.25) is 13.9 Å². The van der Waals surface area contributed by atoms with Crippen LogP contribution in [0.2, 0.25) is 0 Å². The van der Waals surface area contributed by atoms with Gasteiger partial charge in [-0.15, -0.1) is 0 Å². The summed E-state index contributed by atoms with van der Waals surface area (Å²) >= 11 is 0. The van der Waals surface area contributed by atoms with Crippen LogP contribution in [-0.4, -0.2) is 57.1 Å². The lowest BCUT2D eigenvalue weighted by Gasteiger charge is -2.34. The predicted octanol–water partition coefficient (Wildman–Crippen LogP) is 3.72. The molecular formula is C27H37N3O5S. The number of nitrogens with zero attached hydrogens (tertiary/aromatic N) is 2. The highest BCUT2D eigenvalue weighted by Gasteiger charge is 2.32. The Morgan fingerprint density at radius 3 is 2.36 bits per heavy atom. The number of benzene rings is 2. The molecule has 9 heteroatoms. The summed E-state index contributed by atoms with van der Waals surface area (Å²) in [6, 6.07) is 15.2. The van der Waals surface area contributed by atoms with Gasteiger partial charge in [0.2, 0.25) is 21.8 Å². The molecule has 196 valence electrons. The Bertz CT molecular complexity index is 1120. The van der Waals surface area contributed by atoms with Crippen molar-refractivity contribution in [1.29, 1.82) is 0 Å². The molecule has 0 heterocycles. The van der Waals surface area contributed by atoms with Crippen molar-refractivity contribution in [3.8, 4) is 5.75 Å². The van der Waals surface area contributed by atoms with Crippen LogP contribution >= 0.6 is 0 Å². The summed E-state index contributed by atoms with van der Waals surface area (Å²) in [5.41, 5.74) is 1.19.